The lowest BCUT2D eigenvalue weighted by molar-refractivity contribution is -0.146. The first-order valence-electron chi connectivity index (χ1n) is 4.56. The number of hydrogen-bond donors (Lipinski definition) is 5. The quantitative estimate of drug-likeness (QED) is 0.360. The average Bonchev–Trinajstić information content (AvgIpc) is 2.12. The predicted molar refractivity (Wildman–Crippen MR) is 53.5 cm³/mol. The molecule has 0 aliphatic heterocycles. The Labute approximate surface area is 91.8 Å². The van der Waals surface area contributed by atoms with Crippen LogP contribution in [0, 0.1) is 0 Å². The average molecular weight is 233 g/mol. The van der Waals surface area contributed by atoms with Crippen LogP contribution >= 0.6 is 0 Å². The van der Waals surface area contributed by atoms with Crippen molar-refractivity contribution in [1.82, 2.24) is 10.6 Å². The number of amides is 3. The summed E-state index contributed by atoms with van der Waals surface area (Å²) in [5.41, 5.74) is 4.90. The number of carboxylic acid groups (broad SMARTS) is 1. The van der Waals surface area contributed by atoms with E-state index in [9.17, 15) is 14.4 Å². The molecule has 0 saturated carbocycles. The topological polar surface area (TPSA) is 142 Å². The molecule has 0 aliphatic carbocycles. The fourth-order valence-electron chi connectivity index (χ4n) is 0.904. The highest BCUT2D eigenvalue weighted by molar-refractivity contribution is 5.78. The second-order valence-electron chi connectivity index (χ2n) is 3.28. The van der Waals surface area contributed by atoms with Crippen molar-refractivity contribution in [3.05, 3.63) is 0 Å². The maximum absolute atomic E-state index is 11.1. The molecule has 0 aromatic heterocycles. The van der Waals surface area contributed by atoms with Crippen molar-refractivity contribution >= 4 is 17.9 Å². The third-order valence-corrected chi connectivity index (χ3v) is 1.63. The first-order chi connectivity index (χ1) is 7.32. The number of carbonyl (C=O) groups excluding carboxylic acids is 2. The maximum atomic E-state index is 11.1. The lowest BCUT2D eigenvalue weighted by Crippen LogP contribution is -2.45. The number of nitrogens with two attached hydrogens (primary N) is 1. The van der Waals surface area contributed by atoms with Crippen molar-refractivity contribution in [2.75, 3.05) is 6.54 Å². The van der Waals surface area contributed by atoms with Crippen LogP contribution in [0.1, 0.15) is 13.3 Å². The second-order valence-corrected chi connectivity index (χ2v) is 3.28. The van der Waals surface area contributed by atoms with E-state index in [-0.39, 0.29) is 6.42 Å². The first-order valence-corrected chi connectivity index (χ1v) is 4.56. The Hall–Kier alpha value is -1.83. The predicted octanol–water partition coefficient (Wildman–Crippen LogP) is -2.00. The largest absolute Gasteiger partial charge is 0.479 e. The van der Waals surface area contributed by atoms with Crippen molar-refractivity contribution < 1.29 is 24.6 Å². The molecule has 6 N–H and O–H groups in total. The van der Waals surface area contributed by atoms with Crippen LogP contribution in [-0.2, 0) is 9.59 Å². The summed E-state index contributed by atoms with van der Waals surface area (Å²) in [5, 5.41) is 21.6. The van der Waals surface area contributed by atoms with Gasteiger partial charge < -0.3 is 26.6 Å². The number of aliphatic hydroxyl groups is 1. The van der Waals surface area contributed by atoms with Crippen molar-refractivity contribution in [3.63, 3.8) is 0 Å². The first kappa shape index (κ1) is 14.2. The van der Waals surface area contributed by atoms with Gasteiger partial charge in [-0.05, 0) is 6.92 Å². The number of carboxylic acids is 1. The van der Waals surface area contributed by atoms with Gasteiger partial charge in [0, 0.05) is 12.5 Å². The molecule has 0 saturated heterocycles. The minimum absolute atomic E-state index is 0.0189. The van der Waals surface area contributed by atoms with Gasteiger partial charge in [0.15, 0.2) is 6.10 Å². The molecule has 0 rings (SSSR count). The van der Waals surface area contributed by atoms with Gasteiger partial charge in [-0.1, -0.05) is 0 Å². The molecule has 0 fully saturated rings. The molecule has 2 atom stereocenters. The molecule has 92 valence electrons. The number of nitrogens with one attached hydrogen (secondary N) is 2. The number of urea groups is 1. The Kier molecular flexibility index (Phi) is 5.86. The summed E-state index contributed by atoms with van der Waals surface area (Å²) in [4.78, 5) is 31.8. The van der Waals surface area contributed by atoms with E-state index in [2.05, 4.69) is 10.6 Å². The molecule has 8 heteroatoms. The molecule has 16 heavy (non-hydrogen) atoms. The molecule has 0 spiro atoms. The zero-order valence-electron chi connectivity index (χ0n) is 8.77. The van der Waals surface area contributed by atoms with Crippen LogP contribution in [-0.4, -0.2) is 46.8 Å². The van der Waals surface area contributed by atoms with E-state index in [0.717, 1.165) is 0 Å². The van der Waals surface area contributed by atoms with E-state index >= 15 is 0 Å². The molecular formula is C8H15N3O5. The molecule has 0 radical (unpaired) electrons. The van der Waals surface area contributed by atoms with Gasteiger partial charge in [-0.2, -0.15) is 0 Å². The van der Waals surface area contributed by atoms with Crippen molar-refractivity contribution in [3.8, 4) is 0 Å². The summed E-state index contributed by atoms with van der Waals surface area (Å²) < 4.78 is 0. The SMILES string of the molecule is CC(CC(N)=O)NC(=O)NCC(O)C(=O)O. The van der Waals surface area contributed by atoms with E-state index in [1.807, 2.05) is 0 Å². The zero-order valence-corrected chi connectivity index (χ0v) is 8.77. The van der Waals surface area contributed by atoms with Crippen LogP contribution in [0.15, 0.2) is 0 Å². The van der Waals surface area contributed by atoms with E-state index in [0.29, 0.717) is 0 Å². The third kappa shape index (κ3) is 6.60. The maximum Gasteiger partial charge on any atom is 0.334 e. The molecule has 0 aliphatic rings. The smallest absolute Gasteiger partial charge is 0.334 e. The molecule has 3 amide bonds. The molecule has 2 unspecified atom stereocenters. The van der Waals surface area contributed by atoms with Gasteiger partial charge in [0.05, 0.1) is 6.54 Å². The van der Waals surface area contributed by atoms with Crippen LogP contribution < -0.4 is 16.4 Å². The second kappa shape index (κ2) is 6.62. The minimum atomic E-state index is -1.66. The third-order valence-electron chi connectivity index (χ3n) is 1.63. The molecule has 0 aromatic carbocycles. The normalized spacial score (nSPS) is 13.6. The van der Waals surface area contributed by atoms with Gasteiger partial charge in [0.2, 0.25) is 5.91 Å². The summed E-state index contributed by atoms with van der Waals surface area (Å²) in [7, 11) is 0. The lowest BCUT2D eigenvalue weighted by atomic mass is 10.2. The number of aliphatic hydroxyl groups excluding tert-OH is 1. The molecule has 0 heterocycles. The van der Waals surface area contributed by atoms with Crippen LogP contribution in [0.3, 0.4) is 0 Å². The number of primary amides is 1. The van der Waals surface area contributed by atoms with Crippen LogP contribution in [0.2, 0.25) is 0 Å². The van der Waals surface area contributed by atoms with Gasteiger partial charge in [-0.25, -0.2) is 9.59 Å². The van der Waals surface area contributed by atoms with Crippen LogP contribution in [0.4, 0.5) is 4.79 Å². The summed E-state index contributed by atoms with van der Waals surface area (Å²) >= 11 is 0. The summed E-state index contributed by atoms with van der Waals surface area (Å²) in [6, 6.07) is -1.13. The minimum Gasteiger partial charge on any atom is -0.479 e. The summed E-state index contributed by atoms with van der Waals surface area (Å²) in [6.07, 6.45) is -1.67. The van der Waals surface area contributed by atoms with Gasteiger partial charge in [0.25, 0.3) is 0 Å². The molecule has 8 nitrogen and oxygen atoms in total. The van der Waals surface area contributed by atoms with E-state index in [1.54, 1.807) is 6.92 Å². The number of hydrogen-bond acceptors (Lipinski definition) is 4. The van der Waals surface area contributed by atoms with Crippen LogP contribution in [0.5, 0.6) is 0 Å². The number of rotatable bonds is 6. The van der Waals surface area contributed by atoms with Gasteiger partial charge in [0.1, 0.15) is 0 Å². The van der Waals surface area contributed by atoms with Crippen molar-refractivity contribution in [1.29, 1.82) is 0 Å². The highest BCUT2D eigenvalue weighted by Crippen LogP contribution is 1.88. The standard InChI is InChI=1S/C8H15N3O5/c1-4(2-6(9)13)11-8(16)10-3-5(12)7(14)15/h4-5,12H,2-3H2,1H3,(H2,9,13)(H,14,15)(H2,10,11,16). The van der Waals surface area contributed by atoms with Crippen molar-refractivity contribution in [2.24, 2.45) is 5.73 Å². The van der Waals surface area contributed by atoms with E-state index in [4.69, 9.17) is 15.9 Å². The highest BCUT2D eigenvalue weighted by atomic mass is 16.4. The Morgan fingerprint density at radius 2 is 1.94 bits per heavy atom. The summed E-state index contributed by atoms with van der Waals surface area (Å²) in [5.74, 6) is -1.98. The van der Waals surface area contributed by atoms with Gasteiger partial charge in [-0.3, -0.25) is 4.79 Å². The fraction of sp³-hybridized carbons (Fsp3) is 0.625. The molecule has 0 bridgehead atoms. The fourth-order valence-corrected chi connectivity index (χ4v) is 0.904. The Balaban J connectivity index is 3.82. The Bertz CT molecular complexity index is 281. The van der Waals surface area contributed by atoms with Gasteiger partial charge in [-0.15, -0.1) is 0 Å². The van der Waals surface area contributed by atoms with E-state index < -0.39 is 36.6 Å². The Morgan fingerprint density at radius 3 is 2.38 bits per heavy atom. The summed E-state index contributed by atoms with van der Waals surface area (Å²) in [6.45, 7) is 1.16. The van der Waals surface area contributed by atoms with Gasteiger partial charge >= 0.3 is 12.0 Å². The molecular weight excluding hydrogens is 218 g/mol. The Morgan fingerprint density at radius 1 is 1.38 bits per heavy atom. The van der Waals surface area contributed by atoms with E-state index in [1.165, 1.54) is 0 Å². The number of carbonyl (C=O) groups is 3. The van der Waals surface area contributed by atoms with Crippen molar-refractivity contribution in [2.45, 2.75) is 25.5 Å². The van der Waals surface area contributed by atoms with Crippen LogP contribution in [0.25, 0.3) is 0 Å². The lowest BCUT2D eigenvalue weighted by Gasteiger charge is -2.13. The highest BCUT2D eigenvalue weighted by Gasteiger charge is 2.15. The number of aliphatic carboxylic acids is 1. The zero-order chi connectivity index (χ0) is 12.7. The molecule has 0 aromatic rings. The monoisotopic (exact) mass is 233 g/mol.